The van der Waals surface area contributed by atoms with Gasteiger partial charge < -0.3 is 9.72 Å². The van der Waals surface area contributed by atoms with Gasteiger partial charge in [0.05, 0.1) is 5.75 Å². The fourth-order valence-electron chi connectivity index (χ4n) is 4.85. The van der Waals surface area contributed by atoms with Crippen LogP contribution in [0.15, 0.2) is 83.4 Å². The van der Waals surface area contributed by atoms with Crippen molar-refractivity contribution in [3.8, 4) is 11.5 Å². The van der Waals surface area contributed by atoms with Crippen LogP contribution in [-0.4, -0.2) is 36.8 Å². The number of hydrogen-bond acceptors (Lipinski definition) is 6. The number of nitrogens with zero attached hydrogens (tertiary/aromatic N) is 1. The topological polar surface area (TPSA) is 115 Å². The van der Waals surface area contributed by atoms with Crippen LogP contribution in [0.2, 0.25) is 0 Å². The summed E-state index contributed by atoms with van der Waals surface area (Å²) in [4.78, 5) is 15.0. The van der Waals surface area contributed by atoms with Gasteiger partial charge in [-0.1, -0.05) is 18.2 Å². The summed E-state index contributed by atoms with van der Waals surface area (Å²) >= 11 is 0. The first-order chi connectivity index (χ1) is 19.2. The molecule has 0 saturated heterocycles. The van der Waals surface area contributed by atoms with Crippen LogP contribution >= 0.6 is 0 Å². The van der Waals surface area contributed by atoms with Gasteiger partial charge in [0.15, 0.2) is 21.4 Å². The third kappa shape index (κ3) is 5.24. The van der Waals surface area contributed by atoms with Crippen molar-refractivity contribution >= 4 is 36.3 Å². The number of nitrogens with one attached hydrogen (secondary N) is 1. The number of benzene rings is 2. The minimum absolute atomic E-state index is 0.0120. The lowest BCUT2D eigenvalue weighted by Gasteiger charge is -2.33. The highest BCUT2D eigenvalue weighted by atomic mass is 32.2. The van der Waals surface area contributed by atoms with Gasteiger partial charge in [0, 0.05) is 35.7 Å². The Morgan fingerprint density at radius 3 is 2.44 bits per heavy atom. The Bertz CT molecular complexity index is 2040. The zero-order valence-electron chi connectivity index (χ0n) is 22.3. The van der Waals surface area contributed by atoms with Gasteiger partial charge in [-0.25, -0.2) is 29.6 Å². The number of hydrogen-bond donors (Lipinski definition) is 1. The molecule has 5 rings (SSSR count). The monoisotopic (exact) mass is 600 g/mol. The van der Waals surface area contributed by atoms with Gasteiger partial charge in [-0.3, -0.25) is 4.79 Å². The Hall–Kier alpha value is -4.03. The smallest absolute Gasteiger partial charge is 0.273 e. The molecule has 1 unspecified atom stereocenters. The number of sulfone groups is 1. The van der Waals surface area contributed by atoms with Crippen LogP contribution < -0.4 is 10.3 Å². The number of aromatic nitrogens is 2. The molecule has 0 spiro atoms. The van der Waals surface area contributed by atoms with Gasteiger partial charge in [0.2, 0.25) is 10.0 Å². The van der Waals surface area contributed by atoms with Crippen molar-refractivity contribution in [2.24, 2.45) is 0 Å². The van der Waals surface area contributed by atoms with Crippen molar-refractivity contribution < 1.29 is 30.4 Å². The molecule has 41 heavy (non-hydrogen) atoms. The van der Waals surface area contributed by atoms with Crippen molar-refractivity contribution in [1.82, 2.24) is 8.96 Å². The summed E-state index contributed by atoms with van der Waals surface area (Å²) in [6.45, 7) is 3.22. The second-order valence-corrected chi connectivity index (χ2v) is 14.6. The van der Waals surface area contributed by atoms with Crippen LogP contribution in [-0.2, 0) is 25.6 Å². The summed E-state index contributed by atoms with van der Waals surface area (Å²) in [6, 6.07) is 10.7. The van der Waals surface area contributed by atoms with Gasteiger partial charge in [0.1, 0.15) is 21.8 Å². The molecule has 1 aliphatic carbocycles. The number of halogens is 2. The second-order valence-electron chi connectivity index (χ2n) is 10.2. The van der Waals surface area contributed by atoms with Gasteiger partial charge in [-0.05, 0) is 73.4 Å². The molecule has 2 aromatic heterocycles. The van der Waals surface area contributed by atoms with E-state index in [9.17, 15) is 30.4 Å². The van der Waals surface area contributed by atoms with Gasteiger partial charge in [-0.2, -0.15) is 0 Å². The van der Waals surface area contributed by atoms with E-state index in [2.05, 4.69) is 4.98 Å². The zero-order chi connectivity index (χ0) is 29.7. The molecule has 0 saturated carbocycles. The third-order valence-corrected chi connectivity index (χ3v) is 10.5. The normalized spacial score (nSPS) is 17.8. The maximum absolute atomic E-state index is 14.4. The summed E-state index contributed by atoms with van der Waals surface area (Å²) in [5.41, 5.74) is 1.31. The predicted octanol–water partition coefficient (Wildman–Crippen LogP) is 5.31. The average Bonchev–Trinajstić information content (AvgIpc) is 3.34. The highest BCUT2D eigenvalue weighted by molar-refractivity contribution is 7.91. The van der Waals surface area contributed by atoms with E-state index in [1.165, 1.54) is 24.5 Å². The molecule has 0 aliphatic heterocycles. The molecule has 0 bridgehead atoms. The third-order valence-electron chi connectivity index (χ3n) is 7.22. The number of fused-ring (bicyclic) bond motifs is 1. The molecule has 0 amide bonds. The quantitative estimate of drug-likeness (QED) is 0.307. The molecule has 0 fully saturated rings. The molecule has 12 heteroatoms. The first-order valence-corrected chi connectivity index (χ1v) is 16.0. The molecule has 2 heterocycles. The zero-order valence-corrected chi connectivity index (χ0v) is 23.9. The van der Waals surface area contributed by atoms with E-state index in [4.69, 9.17) is 4.74 Å². The fourth-order valence-corrected chi connectivity index (χ4v) is 7.48. The maximum atomic E-state index is 14.4. The maximum Gasteiger partial charge on any atom is 0.273 e. The Morgan fingerprint density at radius 2 is 1.76 bits per heavy atom. The number of ether oxygens (including phenoxy) is 1. The summed E-state index contributed by atoms with van der Waals surface area (Å²) in [7, 11) is -7.53. The van der Waals surface area contributed by atoms with Crippen molar-refractivity contribution in [2.45, 2.75) is 30.8 Å². The number of H-pyrrole nitrogens is 1. The molecule has 1 N–H and O–H groups in total. The summed E-state index contributed by atoms with van der Waals surface area (Å²) in [5.74, 6) is -2.03. The SMILES string of the molecule is CC1=CC(c2cc(CS(C)(=O)=O)ccc2Oc2ccc(F)cc2F)=CCC1(C)S(=O)(=O)n1ccc2cc[nH]c(=O)c21. The average molecular weight is 601 g/mol. The van der Waals surface area contributed by atoms with E-state index < -0.39 is 41.8 Å². The summed E-state index contributed by atoms with van der Waals surface area (Å²) < 4.78 is 85.1. The van der Waals surface area contributed by atoms with Crippen LogP contribution in [0.3, 0.4) is 0 Å². The van der Waals surface area contributed by atoms with Crippen LogP contribution in [0.4, 0.5) is 8.78 Å². The molecular weight excluding hydrogens is 574 g/mol. The largest absolute Gasteiger partial charge is 0.454 e. The van der Waals surface area contributed by atoms with Gasteiger partial charge in [-0.15, -0.1) is 0 Å². The molecule has 8 nitrogen and oxygen atoms in total. The summed E-state index contributed by atoms with van der Waals surface area (Å²) in [5, 5.41) is 0.479. The van der Waals surface area contributed by atoms with E-state index in [1.807, 2.05) is 0 Å². The Kier molecular flexibility index (Phi) is 7.03. The van der Waals surface area contributed by atoms with Gasteiger partial charge in [0.25, 0.3) is 5.56 Å². The standard InChI is InChI=1S/C29H26F2N2O6S2/c1-18-14-21(8-11-29(18,2)41(37,38)33-13-10-20-9-12-32-28(34)27(20)33)23-15-19(17-40(3,35)36)4-6-25(23)39-26-7-5-22(30)16-24(26)31/h4-10,12-16H,11,17H2,1-3H3,(H,32,34). The van der Waals surface area contributed by atoms with E-state index in [0.717, 1.165) is 22.4 Å². The highest BCUT2D eigenvalue weighted by Crippen LogP contribution is 2.42. The molecule has 2 aromatic carbocycles. The minimum atomic E-state index is -4.13. The van der Waals surface area contributed by atoms with Crippen molar-refractivity contribution in [1.29, 1.82) is 0 Å². The Balaban J connectivity index is 1.58. The van der Waals surface area contributed by atoms with Crippen molar-refractivity contribution in [3.63, 3.8) is 0 Å². The number of pyridine rings is 1. The highest BCUT2D eigenvalue weighted by Gasteiger charge is 2.43. The van der Waals surface area contributed by atoms with Crippen LogP contribution in [0.5, 0.6) is 11.5 Å². The Morgan fingerprint density at radius 1 is 1.02 bits per heavy atom. The molecule has 0 radical (unpaired) electrons. The van der Waals surface area contributed by atoms with E-state index in [1.54, 1.807) is 44.2 Å². The predicted molar refractivity (Wildman–Crippen MR) is 153 cm³/mol. The van der Waals surface area contributed by atoms with Crippen LogP contribution in [0.25, 0.3) is 16.5 Å². The number of aromatic amines is 1. The van der Waals surface area contributed by atoms with Gasteiger partial charge >= 0.3 is 0 Å². The van der Waals surface area contributed by atoms with E-state index in [-0.39, 0.29) is 29.2 Å². The summed E-state index contributed by atoms with van der Waals surface area (Å²) in [6.07, 6.45) is 7.22. The number of allylic oxidation sites excluding steroid dienone is 3. The molecule has 1 aliphatic rings. The fraction of sp³-hybridized carbons (Fsp3) is 0.207. The lowest BCUT2D eigenvalue weighted by Crippen LogP contribution is -2.41. The lowest BCUT2D eigenvalue weighted by molar-refractivity contribution is 0.436. The first-order valence-electron chi connectivity index (χ1n) is 12.5. The molecular formula is C29H26F2N2O6S2. The van der Waals surface area contributed by atoms with E-state index in [0.29, 0.717) is 33.7 Å². The van der Waals surface area contributed by atoms with Crippen molar-refractivity contribution in [3.05, 3.63) is 112 Å². The van der Waals surface area contributed by atoms with Crippen LogP contribution in [0.1, 0.15) is 31.4 Å². The molecule has 4 aromatic rings. The van der Waals surface area contributed by atoms with Crippen LogP contribution in [0, 0.1) is 11.6 Å². The minimum Gasteiger partial charge on any atom is -0.454 e. The Labute approximate surface area is 235 Å². The van der Waals surface area contributed by atoms with Crippen molar-refractivity contribution in [2.75, 3.05) is 6.26 Å². The number of rotatable bonds is 7. The first kappa shape index (κ1) is 28.5. The molecule has 1 atom stereocenters. The van der Waals surface area contributed by atoms with E-state index >= 15 is 0 Å². The second kappa shape index (κ2) is 10.1. The lowest BCUT2D eigenvalue weighted by atomic mass is 9.87. The molecule has 214 valence electrons.